The Morgan fingerprint density at radius 2 is 2.47 bits per heavy atom. The summed E-state index contributed by atoms with van der Waals surface area (Å²) in [5.41, 5.74) is 1.71. The van der Waals surface area contributed by atoms with Crippen LogP contribution in [0.15, 0.2) is 11.6 Å². The molecule has 0 aromatic carbocycles. The molecule has 0 saturated carbocycles. The van der Waals surface area contributed by atoms with Crippen LogP contribution in [0.4, 0.5) is 0 Å². The van der Waals surface area contributed by atoms with Crippen LogP contribution in [0.5, 0.6) is 5.19 Å². The van der Waals surface area contributed by atoms with Crippen molar-refractivity contribution in [3.63, 3.8) is 0 Å². The van der Waals surface area contributed by atoms with Crippen molar-refractivity contribution in [1.29, 1.82) is 0 Å². The molecule has 0 atom stereocenters. The van der Waals surface area contributed by atoms with Gasteiger partial charge in [0.1, 0.15) is 5.69 Å². The van der Waals surface area contributed by atoms with Gasteiger partial charge in [-0.1, -0.05) is 11.3 Å². The number of rotatable bonds is 3. The first-order chi connectivity index (χ1) is 7.22. The normalized spacial score (nSPS) is 10.3. The van der Waals surface area contributed by atoms with E-state index in [0.29, 0.717) is 22.1 Å². The maximum atomic E-state index is 11.2. The Kier molecular flexibility index (Phi) is 2.48. The summed E-state index contributed by atoms with van der Waals surface area (Å²) in [6, 6.07) is 0. The summed E-state index contributed by atoms with van der Waals surface area (Å²) >= 11 is 1.26. The molecule has 0 amide bonds. The number of aromatic nitrogens is 3. The van der Waals surface area contributed by atoms with Gasteiger partial charge < -0.3 is 4.84 Å². The second kappa shape index (κ2) is 3.79. The lowest BCUT2D eigenvalue weighted by molar-refractivity contribution is 0.101. The second-order valence-corrected chi connectivity index (χ2v) is 3.65. The van der Waals surface area contributed by atoms with Gasteiger partial charge in [-0.25, -0.2) is 4.98 Å². The molecular formula is C8H8N4O2S. The first kappa shape index (κ1) is 9.81. The molecule has 0 spiro atoms. The fraction of sp³-hybridized carbons (Fsp3) is 0.125. The van der Waals surface area contributed by atoms with Crippen LogP contribution in [0.2, 0.25) is 0 Å². The molecule has 3 N–H and O–H groups in total. The van der Waals surface area contributed by atoms with Crippen molar-refractivity contribution < 1.29 is 9.63 Å². The monoisotopic (exact) mass is 224 g/mol. The number of hydrogen-bond acceptors (Lipinski definition) is 6. The number of carbonyl (C=O) groups excluding carboxylic acids is 1. The molecule has 0 fully saturated rings. The highest BCUT2D eigenvalue weighted by Crippen LogP contribution is 2.27. The fourth-order valence-corrected chi connectivity index (χ4v) is 1.78. The Morgan fingerprint density at radius 3 is 3.07 bits per heavy atom. The number of thiazole rings is 1. The number of ketones is 1. The lowest BCUT2D eigenvalue weighted by atomic mass is 10.1. The van der Waals surface area contributed by atoms with Gasteiger partial charge in [0.25, 0.3) is 5.19 Å². The average Bonchev–Trinajstić information content (AvgIpc) is 2.85. The number of aromatic amines is 1. The zero-order valence-electron chi connectivity index (χ0n) is 7.85. The van der Waals surface area contributed by atoms with Gasteiger partial charge in [-0.15, -0.1) is 0 Å². The van der Waals surface area contributed by atoms with Crippen LogP contribution < -0.4 is 10.7 Å². The van der Waals surface area contributed by atoms with Gasteiger partial charge in [-0.2, -0.15) is 11.0 Å². The Hall–Kier alpha value is -1.73. The molecule has 0 unspecified atom stereocenters. The standard InChI is InChI=1S/C8H8N4O2S/c1-4(13)7-5(2-10-12-7)6-3-15-8(11-6)14-9/h2-3H,9H2,1H3,(H,10,12). The van der Waals surface area contributed by atoms with Crippen LogP contribution in [-0.4, -0.2) is 21.0 Å². The summed E-state index contributed by atoms with van der Waals surface area (Å²) in [5, 5.41) is 8.52. The molecule has 0 saturated heterocycles. The summed E-state index contributed by atoms with van der Waals surface area (Å²) < 4.78 is 0. The molecule has 0 aliphatic carbocycles. The summed E-state index contributed by atoms with van der Waals surface area (Å²) in [7, 11) is 0. The molecule has 2 heterocycles. The third-order valence-electron chi connectivity index (χ3n) is 1.85. The number of nitrogens with one attached hydrogen (secondary N) is 1. The first-order valence-electron chi connectivity index (χ1n) is 4.09. The van der Waals surface area contributed by atoms with Gasteiger partial charge in [0.2, 0.25) is 0 Å². The lowest BCUT2D eigenvalue weighted by Gasteiger charge is -1.94. The predicted molar refractivity (Wildman–Crippen MR) is 54.5 cm³/mol. The van der Waals surface area contributed by atoms with E-state index in [2.05, 4.69) is 20.0 Å². The molecule has 2 rings (SSSR count). The first-order valence-corrected chi connectivity index (χ1v) is 4.97. The molecule has 7 heteroatoms. The Balaban J connectivity index is 2.44. The summed E-state index contributed by atoms with van der Waals surface area (Å²) in [4.78, 5) is 19.8. The molecule has 0 aliphatic rings. The van der Waals surface area contributed by atoms with E-state index >= 15 is 0 Å². The van der Waals surface area contributed by atoms with Crippen LogP contribution in [0.1, 0.15) is 17.4 Å². The highest BCUT2D eigenvalue weighted by atomic mass is 32.1. The largest absolute Gasteiger partial charge is 0.380 e. The van der Waals surface area contributed by atoms with Crippen molar-refractivity contribution in [2.45, 2.75) is 6.92 Å². The third kappa shape index (κ3) is 1.74. The Morgan fingerprint density at radius 1 is 1.67 bits per heavy atom. The zero-order valence-corrected chi connectivity index (χ0v) is 8.67. The quantitative estimate of drug-likeness (QED) is 0.599. The van der Waals surface area contributed by atoms with Gasteiger partial charge in [0.15, 0.2) is 5.78 Å². The highest BCUT2D eigenvalue weighted by molar-refractivity contribution is 7.11. The third-order valence-corrected chi connectivity index (χ3v) is 2.58. The van der Waals surface area contributed by atoms with E-state index in [9.17, 15) is 4.79 Å². The van der Waals surface area contributed by atoms with Gasteiger partial charge in [0, 0.05) is 17.9 Å². The lowest BCUT2D eigenvalue weighted by Crippen LogP contribution is -2.01. The summed E-state index contributed by atoms with van der Waals surface area (Å²) in [5.74, 6) is 4.88. The van der Waals surface area contributed by atoms with E-state index < -0.39 is 0 Å². The molecule has 78 valence electrons. The maximum absolute atomic E-state index is 11.2. The van der Waals surface area contributed by atoms with Gasteiger partial charge >= 0.3 is 0 Å². The van der Waals surface area contributed by atoms with E-state index in [1.54, 1.807) is 11.6 Å². The van der Waals surface area contributed by atoms with E-state index in [0.717, 1.165) is 0 Å². The molecular weight excluding hydrogens is 216 g/mol. The number of Topliss-reactive ketones (excluding diaryl/α,β-unsaturated/α-hetero) is 1. The number of nitrogens with two attached hydrogens (primary N) is 1. The van der Waals surface area contributed by atoms with Crippen LogP contribution in [-0.2, 0) is 0 Å². The average molecular weight is 224 g/mol. The van der Waals surface area contributed by atoms with Gasteiger partial charge in [-0.05, 0) is 0 Å². The van der Waals surface area contributed by atoms with Crippen LogP contribution in [0.25, 0.3) is 11.3 Å². The van der Waals surface area contributed by atoms with Crippen molar-refractivity contribution in [1.82, 2.24) is 15.2 Å². The van der Waals surface area contributed by atoms with E-state index in [4.69, 9.17) is 5.90 Å². The number of hydrogen-bond donors (Lipinski definition) is 2. The van der Waals surface area contributed by atoms with E-state index in [1.807, 2.05) is 0 Å². The SMILES string of the molecule is CC(=O)c1[nH]ncc1-c1csc(ON)n1. The zero-order chi connectivity index (χ0) is 10.8. The Labute approximate surface area is 89.0 Å². The maximum Gasteiger partial charge on any atom is 0.294 e. The molecule has 0 aliphatic heterocycles. The van der Waals surface area contributed by atoms with Crippen LogP contribution in [0, 0.1) is 0 Å². The topological polar surface area (TPSA) is 93.9 Å². The van der Waals surface area contributed by atoms with Crippen molar-refractivity contribution >= 4 is 17.1 Å². The molecule has 0 bridgehead atoms. The van der Waals surface area contributed by atoms with Gasteiger partial charge in [0.05, 0.1) is 11.9 Å². The summed E-state index contributed by atoms with van der Waals surface area (Å²) in [6.45, 7) is 1.46. The minimum atomic E-state index is -0.0919. The molecule has 2 aromatic rings. The van der Waals surface area contributed by atoms with Crippen LogP contribution >= 0.6 is 11.3 Å². The number of nitrogens with zero attached hydrogens (tertiary/aromatic N) is 2. The van der Waals surface area contributed by atoms with E-state index in [-0.39, 0.29) is 5.78 Å². The van der Waals surface area contributed by atoms with Gasteiger partial charge in [-0.3, -0.25) is 9.89 Å². The molecule has 15 heavy (non-hydrogen) atoms. The highest BCUT2D eigenvalue weighted by Gasteiger charge is 2.14. The molecule has 0 radical (unpaired) electrons. The number of carbonyl (C=O) groups is 1. The van der Waals surface area contributed by atoms with Crippen molar-refractivity contribution in [3.05, 3.63) is 17.3 Å². The molecule has 2 aromatic heterocycles. The minimum absolute atomic E-state index is 0.0919. The minimum Gasteiger partial charge on any atom is -0.380 e. The van der Waals surface area contributed by atoms with Crippen molar-refractivity contribution in [2.75, 3.05) is 0 Å². The molecule has 6 nitrogen and oxygen atoms in total. The van der Waals surface area contributed by atoms with Crippen molar-refractivity contribution in [2.24, 2.45) is 5.90 Å². The number of H-pyrrole nitrogens is 1. The smallest absolute Gasteiger partial charge is 0.294 e. The van der Waals surface area contributed by atoms with Crippen molar-refractivity contribution in [3.8, 4) is 16.5 Å². The Bertz CT molecular complexity index is 490. The second-order valence-electron chi connectivity index (χ2n) is 2.83. The van der Waals surface area contributed by atoms with Crippen LogP contribution in [0.3, 0.4) is 0 Å². The van der Waals surface area contributed by atoms with E-state index in [1.165, 1.54) is 18.3 Å². The summed E-state index contributed by atoms with van der Waals surface area (Å²) in [6.07, 6.45) is 1.55. The fourth-order valence-electron chi connectivity index (χ4n) is 1.18. The predicted octanol–water partition coefficient (Wildman–Crippen LogP) is 0.988.